The monoisotopic (exact) mass is 221 g/mol. The molecule has 2 unspecified atom stereocenters. The minimum Gasteiger partial charge on any atom is -0.381 e. The maximum absolute atomic E-state index is 12.9. The van der Waals surface area contributed by atoms with Crippen molar-refractivity contribution in [3.8, 4) is 0 Å². The summed E-state index contributed by atoms with van der Waals surface area (Å²) in [5.41, 5.74) is 5.45. The van der Waals surface area contributed by atoms with Crippen LogP contribution in [0.5, 0.6) is 0 Å². The van der Waals surface area contributed by atoms with Crippen LogP contribution < -0.4 is 10.6 Å². The summed E-state index contributed by atoms with van der Waals surface area (Å²) < 4.78 is 12.9. The molecule has 0 bridgehead atoms. The smallest absolute Gasteiger partial charge is 0.227 e. The second kappa shape index (κ2) is 3.57. The first kappa shape index (κ1) is 9.81. The highest BCUT2D eigenvalue weighted by Gasteiger charge is 2.37. The average molecular weight is 221 g/mol. The van der Waals surface area contributed by atoms with Gasteiger partial charge in [-0.05, 0) is 31.1 Å². The van der Waals surface area contributed by atoms with Crippen molar-refractivity contribution in [3.05, 3.63) is 18.4 Å². The Morgan fingerprint density at radius 2 is 2.00 bits per heavy atom. The molecule has 5 heteroatoms. The number of nitrogens with zero attached hydrogens (tertiary/aromatic N) is 3. The number of nitrogens with two attached hydrogens (primary N) is 1. The van der Waals surface area contributed by atoms with Crippen molar-refractivity contribution < 1.29 is 4.39 Å². The molecule has 1 aromatic heterocycles. The van der Waals surface area contributed by atoms with Gasteiger partial charge >= 0.3 is 0 Å². The highest BCUT2D eigenvalue weighted by molar-refractivity contribution is 5.40. The highest BCUT2D eigenvalue weighted by Crippen LogP contribution is 2.38. The topological polar surface area (TPSA) is 55.0 Å². The molecular weight excluding hydrogens is 207 g/mol. The van der Waals surface area contributed by atoms with E-state index < -0.39 is 5.82 Å². The Kier molecular flexibility index (Phi) is 2.19. The van der Waals surface area contributed by atoms with Crippen molar-refractivity contribution in [3.63, 3.8) is 0 Å². The molecule has 1 aliphatic heterocycles. The normalized spacial score (nSPS) is 28.4. The standard InChI is InChI=1S/C11H14FN4/c12-9-4-14-11(15-10(9)13)16-5-7-2-1-3-8(7)6-16/h1,4,7-8H,2-3,5-6H2,(H2,13,14,15). The molecule has 2 aliphatic rings. The Morgan fingerprint density at radius 1 is 1.31 bits per heavy atom. The van der Waals surface area contributed by atoms with Crippen molar-refractivity contribution in [2.75, 3.05) is 23.7 Å². The predicted octanol–water partition coefficient (Wildman–Crippen LogP) is 1.25. The van der Waals surface area contributed by atoms with Gasteiger partial charge in [0.2, 0.25) is 5.95 Å². The van der Waals surface area contributed by atoms with Crippen LogP contribution in [0.4, 0.5) is 16.2 Å². The van der Waals surface area contributed by atoms with E-state index in [0.717, 1.165) is 31.1 Å². The predicted molar refractivity (Wildman–Crippen MR) is 59.1 cm³/mol. The van der Waals surface area contributed by atoms with E-state index in [9.17, 15) is 4.39 Å². The van der Waals surface area contributed by atoms with Crippen LogP contribution >= 0.6 is 0 Å². The third-order valence-electron chi connectivity index (χ3n) is 3.56. The lowest BCUT2D eigenvalue weighted by atomic mass is 10.0. The molecule has 1 aromatic rings. The van der Waals surface area contributed by atoms with Crippen LogP contribution in [0.2, 0.25) is 0 Å². The third kappa shape index (κ3) is 1.50. The molecule has 2 fully saturated rings. The first-order chi connectivity index (χ1) is 7.74. The van der Waals surface area contributed by atoms with Gasteiger partial charge < -0.3 is 10.6 Å². The maximum atomic E-state index is 12.9. The maximum Gasteiger partial charge on any atom is 0.227 e. The molecule has 1 saturated heterocycles. The first-order valence-electron chi connectivity index (χ1n) is 5.58. The Morgan fingerprint density at radius 3 is 2.62 bits per heavy atom. The van der Waals surface area contributed by atoms with Crippen molar-refractivity contribution >= 4 is 11.8 Å². The average Bonchev–Trinajstić information content (AvgIpc) is 2.81. The third-order valence-corrected chi connectivity index (χ3v) is 3.56. The van der Waals surface area contributed by atoms with Gasteiger partial charge in [-0.15, -0.1) is 0 Å². The van der Waals surface area contributed by atoms with E-state index in [4.69, 9.17) is 5.73 Å². The highest BCUT2D eigenvalue weighted by atomic mass is 19.1. The number of aromatic nitrogens is 2. The van der Waals surface area contributed by atoms with Crippen molar-refractivity contribution in [2.24, 2.45) is 11.8 Å². The summed E-state index contributed by atoms with van der Waals surface area (Å²) in [6.07, 6.45) is 5.86. The van der Waals surface area contributed by atoms with Crippen LogP contribution in [0.15, 0.2) is 6.20 Å². The fraction of sp³-hybridized carbons (Fsp3) is 0.545. The summed E-state index contributed by atoms with van der Waals surface area (Å²) >= 11 is 0. The number of rotatable bonds is 1. The van der Waals surface area contributed by atoms with Gasteiger partial charge in [-0.25, -0.2) is 9.37 Å². The van der Waals surface area contributed by atoms with Crippen molar-refractivity contribution in [1.29, 1.82) is 0 Å². The van der Waals surface area contributed by atoms with Crippen molar-refractivity contribution in [2.45, 2.75) is 12.8 Å². The van der Waals surface area contributed by atoms with Crippen LogP contribution in [0.25, 0.3) is 0 Å². The van der Waals surface area contributed by atoms with E-state index >= 15 is 0 Å². The Hall–Kier alpha value is -1.39. The van der Waals surface area contributed by atoms with Gasteiger partial charge in [0.05, 0.1) is 6.20 Å². The van der Waals surface area contributed by atoms with E-state index in [2.05, 4.69) is 21.3 Å². The molecule has 85 valence electrons. The molecule has 4 nitrogen and oxygen atoms in total. The second-order valence-electron chi connectivity index (χ2n) is 4.59. The summed E-state index contributed by atoms with van der Waals surface area (Å²) in [5, 5.41) is 0. The molecule has 2 N–H and O–H groups in total. The molecule has 2 atom stereocenters. The van der Waals surface area contributed by atoms with E-state index in [0.29, 0.717) is 5.95 Å². The molecule has 1 aliphatic carbocycles. The lowest BCUT2D eigenvalue weighted by Gasteiger charge is -2.16. The molecular formula is C11H14FN4. The molecule has 0 amide bonds. The Labute approximate surface area is 93.7 Å². The van der Waals surface area contributed by atoms with E-state index in [1.807, 2.05) is 0 Å². The molecule has 2 heterocycles. The number of nitrogen functional groups attached to an aromatic ring is 1. The van der Waals surface area contributed by atoms with E-state index in [1.54, 1.807) is 0 Å². The van der Waals surface area contributed by atoms with Crippen LogP contribution in [0, 0.1) is 24.1 Å². The quantitative estimate of drug-likeness (QED) is 0.775. The largest absolute Gasteiger partial charge is 0.381 e. The molecule has 0 aromatic carbocycles. The second-order valence-corrected chi connectivity index (χ2v) is 4.59. The summed E-state index contributed by atoms with van der Waals surface area (Å²) in [6, 6.07) is 0. The lowest BCUT2D eigenvalue weighted by Crippen LogP contribution is -2.23. The minimum atomic E-state index is -0.545. The number of hydrogen-bond acceptors (Lipinski definition) is 4. The molecule has 1 radical (unpaired) electrons. The summed E-state index contributed by atoms with van der Waals surface area (Å²) in [6.45, 7) is 1.93. The fourth-order valence-electron chi connectivity index (χ4n) is 2.68. The number of anilines is 2. The van der Waals surface area contributed by atoms with E-state index in [-0.39, 0.29) is 5.82 Å². The molecule has 0 spiro atoms. The first-order valence-corrected chi connectivity index (χ1v) is 5.58. The summed E-state index contributed by atoms with van der Waals surface area (Å²) in [7, 11) is 0. The van der Waals surface area contributed by atoms with Gasteiger partial charge in [0.1, 0.15) is 0 Å². The van der Waals surface area contributed by atoms with E-state index in [1.165, 1.54) is 12.8 Å². The van der Waals surface area contributed by atoms with Gasteiger partial charge in [0, 0.05) is 13.1 Å². The minimum absolute atomic E-state index is 0.0615. The Balaban J connectivity index is 1.81. The summed E-state index contributed by atoms with van der Waals surface area (Å²) in [4.78, 5) is 10.1. The van der Waals surface area contributed by atoms with Gasteiger partial charge in [0.25, 0.3) is 0 Å². The molecule has 16 heavy (non-hydrogen) atoms. The zero-order valence-corrected chi connectivity index (χ0v) is 8.93. The zero-order chi connectivity index (χ0) is 11.1. The number of halogens is 1. The summed E-state index contributed by atoms with van der Waals surface area (Å²) in [5.74, 6) is 1.39. The van der Waals surface area contributed by atoms with Crippen LogP contribution in [-0.2, 0) is 0 Å². The molecule has 3 rings (SSSR count). The van der Waals surface area contributed by atoms with Gasteiger partial charge in [-0.2, -0.15) is 4.98 Å². The van der Waals surface area contributed by atoms with Crippen molar-refractivity contribution in [1.82, 2.24) is 9.97 Å². The van der Waals surface area contributed by atoms with Crippen LogP contribution in [0.1, 0.15) is 12.8 Å². The lowest BCUT2D eigenvalue weighted by molar-refractivity contribution is 0.494. The van der Waals surface area contributed by atoms with Gasteiger partial charge in [-0.3, -0.25) is 0 Å². The van der Waals surface area contributed by atoms with Gasteiger partial charge in [0.15, 0.2) is 11.6 Å². The fourth-order valence-corrected chi connectivity index (χ4v) is 2.68. The SMILES string of the molecule is Nc1nc(N2CC3C[CH]CC3C2)ncc1F. The zero-order valence-electron chi connectivity index (χ0n) is 8.93. The molecule has 1 saturated carbocycles. The van der Waals surface area contributed by atoms with Crippen LogP contribution in [-0.4, -0.2) is 23.1 Å². The number of fused-ring (bicyclic) bond motifs is 1. The number of hydrogen-bond donors (Lipinski definition) is 1. The van der Waals surface area contributed by atoms with Gasteiger partial charge in [-0.1, -0.05) is 0 Å². The van der Waals surface area contributed by atoms with Crippen LogP contribution in [0.3, 0.4) is 0 Å². The Bertz CT molecular complexity index is 397.